The zero-order chi connectivity index (χ0) is 17.9. The SMILES string of the molecule is Fc1ccc(N(c2ccc(F)cc2)c2ccc(-c3nn[nH]n3)cc2)cc1. The lowest BCUT2D eigenvalue weighted by Crippen LogP contribution is -2.09. The van der Waals surface area contributed by atoms with Crippen LogP contribution in [0.1, 0.15) is 0 Å². The largest absolute Gasteiger partial charge is 0.310 e. The minimum atomic E-state index is -0.319. The lowest BCUT2D eigenvalue weighted by molar-refractivity contribution is 0.628. The van der Waals surface area contributed by atoms with E-state index in [0.29, 0.717) is 5.82 Å². The summed E-state index contributed by atoms with van der Waals surface area (Å²) in [5.41, 5.74) is 3.15. The van der Waals surface area contributed by atoms with Crippen molar-refractivity contribution < 1.29 is 8.78 Å². The second-order valence-electron chi connectivity index (χ2n) is 5.57. The Bertz CT molecular complexity index is 936. The highest BCUT2D eigenvalue weighted by Gasteiger charge is 2.13. The first kappa shape index (κ1) is 15.9. The molecule has 0 saturated carbocycles. The fourth-order valence-electron chi connectivity index (χ4n) is 2.67. The molecule has 0 spiro atoms. The number of hydrogen-bond donors (Lipinski definition) is 1. The van der Waals surface area contributed by atoms with Crippen molar-refractivity contribution >= 4 is 17.1 Å². The van der Waals surface area contributed by atoms with Crippen molar-refractivity contribution in [1.29, 1.82) is 0 Å². The number of H-pyrrole nitrogens is 1. The molecule has 1 heterocycles. The summed E-state index contributed by atoms with van der Waals surface area (Å²) in [4.78, 5) is 1.90. The number of rotatable bonds is 4. The molecule has 1 aromatic heterocycles. The number of aromatic nitrogens is 4. The van der Waals surface area contributed by atoms with Crippen LogP contribution in [0.15, 0.2) is 72.8 Å². The number of hydrogen-bond acceptors (Lipinski definition) is 4. The highest BCUT2D eigenvalue weighted by Crippen LogP contribution is 2.35. The molecule has 0 amide bonds. The molecule has 0 aliphatic carbocycles. The summed E-state index contributed by atoms with van der Waals surface area (Å²) < 4.78 is 26.7. The first-order valence-corrected chi connectivity index (χ1v) is 7.86. The van der Waals surface area contributed by atoms with Crippen LogP contribution in [0.4, 0.5) is 25.8 Å². The molecule has 0 aliphatic heterocycles. The van der Waals surface area contributed by atoms with E-state index in [1.165, 1.54) is 24.3 Å². The summed E-state index contributed by atoms with van der Waals surface area (Å²) >= 11 is 0. The average Bonchev–Trinajstić information content (AvgIpc) is 3.20. The fraction of sp³-hybridized carbons (Fsp3) is 0. The molecule has 0 fully saturated rings. The third kappa shape index (κ3) is 3.14. The molecule has 0 aliphatic rings. The first-order chi connectivity index (χ1) is 12.7. The normalized spacial score (nSPS) is 10.7. The number of halogens is 2. The Morgan fingerprint density at radius 1 is 0.654 bits per heavy atom. The van der Waals surface area contributed by atoms with Gasteiger partial charge in [-0.05, 0) is 78.0 Å². The van der Waals surface area contributed by atoms with Gasteiger partial charge in [0.1, 0.15) is 11.6 Å². The second kappa shape index (κ2) is 6.72. The van der Waals surface area contributed by atoms with Gasteiger partial charge in [0.25, 0.3) is 0 Å². The molecule has 5 nitrogen and oxygen atoms in total. The molecular weight excluding hydrogens is 336 g/mol. The molecule has 4 aromatic rings. The molecular formula is C19H13F2N5. The quantitative estimate of drug-likeness (QED) is 0.584. The van der Waals surface area contributed by atoms with Crippen molar-refractivity contribution in [2.45, 2.75) is 0 Å². The van der Waals surface area contributed by atoms with E-state index in [2.05, 4.69) is 20.6 Å². The van der Waals surface area contributed by atoms with Crippen LogP contribution < -0.4 is 4.90 Å². The molecule has 1 N–H and O–H groups in total. The maximum atomic E-state index is 13.3. The van der Waals surface area contributed by atoms with Crippen LogP contribution in [-0.4, -0.2) is 20.6 Å². The summed E-state index contributed by atoms with van der Waals surface area (Å²) in [5, 5.41) is 13.9. The highest BCUT2D eigenvalue weighted by atomic mass is 19.1. The van der Waals surface area contributed by atoms with Gasteiger partial charge in [-0.25, -0.2) is 8.78 Å². The lowest BCUT2D eigenvalue weighted by atomic mass is 10.1. The van der Waals surface area contributed by atoms with Crippen LogP contribution in [0.2, 0.25) is 0 Å². The molecule has 0 bridgehead atoms. The first-order valence-electron chi connectivity index (χ1n) is 7.86. The van der Waals surface area contributed by atoms with E-state index in [1.54, 1.807) is 24.3 Å². The minimum absolute atomic E-state index is 0.319. The fourth-order valence-corrected chi connectivity index (χ4v) is 2.67. The van der Waals surface area contributed by atoms with Gasteiger partial charge >= 0.3 is 0 Å². The number of aromatic amines is 1. The number of anilines is 3. The van der Waals surface area contributed by atoms with Gasteiger partial charge in [-0.2, -0.15) is 5.21 Å². The molecule has 0 atom stereocenters. The predicted molar refractivity (Wildman–Crippen MR) is 94.2 cm³/mol. The molecule has 3 aromatic carbocycles. The van der Waals surface area contributed by atoms with Crippen LogP contribution in [0.25, 0.3) is 11.4 Å². The Labute approximate surface area is 147 Å². The summed E-state index contributed by atoms with van der Waals surface area (Å²) in [6, 6.07) is 19.7. The zero-order valence-electron chi connectivity index (χ0n) is 13.5. The van der Waals surface area contributed by atoms with Crippen molar-refractivity contribution in [3.63, 3.8) is 0 Å². The van der Waals surface area contributed by atoms with Crippen LogP contribution >= 0.6 is 0 Å². The third-order valence-electron chi connectivity index (χ3n) is 3.90. The summed E-state index contributed by atoms with van der Waals surface area (Å²) in [5.74, 6) is -0.146. The van der Waals surface area contributed by atoms with Crippen molar-refractivity contribution in [2.75, 3.05) is 4.90 Å². The van der Waals surface area contributed by atoms with Crippen molar-refractivity contribution in [2.24, 2.45) is 0 Å². The van der Waals surface area contributed by atoms with Gasteiger partial charge < -0.3 is 4.90 Å². The van der Waals surface area contributed by atoms with Crippen LogP contribution in [0, 0.1) is 11.6 Å². The van der Waals surface area contributed by atoms with Gasteiger partial charge in [-0.15, -0.1) is 10.2 Å². The van der Waals surface area contributed by atoms with Gasteiger partial charge in [-0.1, -0.05) is 0 Å². The highest BCUT2D eigenvalue weighted by molar-refractivity contribution is 5.77. The van der Waals surface area contributed by atoms with E-state index in [4.69, 9.17) is 0 Å². The summed E-state index contributed by atoms with van der Waals surface area (Å²) in [6.07, 6.45) is 0. The monoisotopic (exact) mass is 349 g/mol. The van der Waals surface area contributed by atoms with Gasteiger partial charge in [0.15, 0.2) is 0 Å². The van der Waals surface area contributed by atoms with Gasteiger partial charge in [0.05, 0.1) is 0 Å². The van der Waals surface area contributed by atoms with Crippen molar-refractivity contribution in [1.82, 2.24) is 20.6 Å². The van der Waals surface area contributed by atoms with Gasteiger partial charge in [-0.3, -0.25) is 0 Å². The van der Waals surface area contributed by atoms with Crippen LogP contribution in [0.3, 0.4) is 0 Å². The van der Waals surface area contributed by atoms with Gasteiger partial charge in [0, 0.05) is 22.6 Å². The van der Waals surface area contributed by atoms with Crippen molar-refractivity contribution in [3.05, 3.63) is 84.4 Å². The third-order valence-corrected chi connectivity index (χ3v) is 3.90. The number of tetrazole rings is 1. The number of nitrogens with one attached hydrogen (secondary N) is 1. The van der Waals surface area contributed by atoms with Crippen LogP contribution in [-0.2, 0) is 0 Å². The van der Waals surface area contributed by atoms with Crippen molar-refractivity contribution in [3.8, 4) is 11.4 Å². The molecule has 4 rings (SSSR count). The van der Waals surface area contributed by atoms with E-state index in [1.807, 2.05) is 29.2 Å². The Morgan fingerprint density at radius 2 is 1.12 bits per heavy atom. The zero-order valence-corrected chi connectivity index (χ0v) is 13.5. The average molecular weight is 349 g/mol. The van der Waals surface area contributed by atoms with E-state index in [-0.39, 0.29) is 11.6 Å². The second-order valence-corrected chi connectivity index (χ2v) is 5.57. The van der Waals surface area contributed by atoms with Crippen LogP contribution in [0.5, 0.6) is 0 Å². The minimum Gasteiger partial charge on any atom is -0.310 e. The molecule has 7 heteroatoms. The molecule has 26 heavy (non-hydrogen) atoms. The number of nitrogens with zero attached hydrogens (tertiary/aromatic N) is 4. The number of benzene rings is 3. The molecule has 0 unspecified atom stereocenters. The van der Waals surface area contributed by atoms with E-state index >= 15 is 0 Å². The Morgan fingerprint density at radius 3 is 1.54 bits per heavy atom. The summed E-state index contributed by atoms with van der Waals surface area (Å²) in [7, 11) is 0. The molecule has 0 radical (unpaired) electrons. The Balaban J connectivity index is 1.77. The maximum Gasteiger partial charge on any atom is 0.204 e. The molecule has 128 valence electrons. The Kier molecular flexibility index (Phi) is 4.10. The van der Waals surface area contributed by atoms with E-state index < -0.39 is 0 Å². The van der Waals surface area contributed by atoms with E-state index in [9.17, 15) is 8.78 Å². The standard InChI is InChI=1S/C19H13F2N5/c20-14-3-9-17(10-4-14)26(18-11-5-15(21)6-12-18)16-7-1-13(2-8-16)19-22-24-25-23-19/h1-12H,(H,22,23,24,25). The Hall–Kier alpha value is -3.61. The topological polar surface area (TPSA) is 57.7 Å². The smallest absolute Gasteiger partial charge is 0.204 e. The summed E-state index contributed by atoms with van der Waals surface area (Å²) in [6.45, 7) is 0. The lowest BCUT2D eigenvalue weighted by Gasteiger charge is -2.25. The predicted octanol–water partition coefficient (Wildman–Crippen LogP) is 4.61. The van der Waals surface area contributed by atoms with E-state index in [0.717, 1.165) is 22.6 Å². The van der Waals surface area contributed by atoms with Gasteiger partial charge in [0.2, 0.25) is 5.82 Å². The molecule has 0 saturated heterocycles. The maximum absolute atomic E-state index is 13.3.